The van der Waals surface area contributed by atoms with E-state index in [0.29, 0.717) is 16.4 Å². The van der Waals surface area contributed by atoms with E-state index < -0.39 is 0 Å². The highest BCUT2D eigenvalue weighted by molar-refractivity contribution is 6.30. The Kier molecular flexibility index (Phi) is 4.39. The molecule has 2 amide bonds. The van der Waals surface area contributed by atoms with Crippen LogP contribution in [0.5, 0.6) is 0 Å². The van der Waals surface area contributed by atoms with Crippen LogP contribution in [0.3, 0.4) is 0 Å². The average Bonchev–Trinajstić information content (AvgIpc) is 2.38. The lowest BCUT2D eigenvalue weighted by Crippen LogP contribution is -2.19. The Bertz CT molecular complexity index is 587. The average molecular weight is 277 g/mol. The summed E-state index contributed by atoms with van der Waals surface area (Å²) < 4.78 is 0. The van der Waals surface area contributed by atoms with E-state index in [1.54, 1.807) is 48.5 Å². The summed E-state index contributed by atoms with van der Waals surface area (Å²) in [7, 11) is 0. The lowest BCUT2D eigenvalue weighted by molar-refractivity contribution is 0.262. The minimum atomic E-state index is -0.364. The zero-order valence-corrected chi connectivity index (χ0v) is 10.8. The summed E-state index contributed by atoms with van der Waals surface area (Å²) >= 11 is 5.83. The third-order valence-corrected chi connectivity index (χ3v) is 2.69. The Morgan fingerprint density at radius 2 is 1.68 bits per heavy atom. The molecule has 2 rings (SSSR count). The fraction of sp³-hybridized carbons (Fsp3) is 0.0714. The van der Waals surface area contributed by atoms with Crippen molar-refractivity contribution >= 4 is 29.0 Å². The zero-order valence-electron chi connectivity index (χ0n) is 10.1. The van der Waals surface area contributed by atoms with Crippen LogP contribution in [0.4, 0.5) is 16.2 Å². The summed E-state index contributed by atoms with van der Waals surface area (Å²) in [5, 5.41) is 14.9. The first-order chi connectivity index (χ1) is 9.17. The third-order valence-electron chi connectivity index (χ3n) is 2.45. The fourth-order valence-electron chi connectivity index (χ4n) is 1.61. The minimum absolute atomic E-state index is 0.0641. The molecule has 0 aliphatic rings. The normalized spacial score (nSPS) is 10.0. The first-order valence-electron chi connectivity index (χ1n) is 5.71. The molecule has 2 aromatic rings. The third kappa shape index (κ3) is 3.98. The molecule has 5 heteroatoms. The molecule has 0 aromatic heterocycles. The van der Waals surface area contributed by atoms with Crippen LogP contribution in [0.15, 0.2) is 48.5 Å². The molecule has 0 radical (unpaired) electrons. The second-order valence-corrected chi connectivity index (χ2v) is 4.38. The monoisotopic (exact) mass is 276 g/mol. The Morgan fingerprint density at radius 1 is 1.05 bits per heavy atom. The van der Waals surface area contributed by atoms with Crippen molar-refractivity contribution in [2.75, 3.05) is 10.6 Å². The van der Waals surface area contributed by atoms with Crippen molar-refractivity contribution in [3.05, 3.63) is 59.1 Å². The molecule has 0 bridgehead atoms. The first kappa shape index (κ1) is 13.4. The number of rotatable bonds is 3. The van der Waals surface area contributed by atoms with Crippen LogP contribution in [0.1, 0.15) is 5.56 Å². The molecule has 0 unspecified atom stereocenters. The van der Waals surface area contributed by atoms with E-state index in [1.807, 2.05) is 0 Å². The van der Waals surface area contributed by atoms with Gasteiger partial charge >= 0.3 is 6.03 Å². The van der Waals surface area contributed by atoms with Gasteiger partial charge in [-0.25, -0.2) is 4.79 Å². The van der Waals surface area contributed by atoms with Gasteiger partial charge in [0.25, 0.3) is 0 Å². The van der Waals surface area contributed by atoms with Crippen LogP contribution in [0.2, 0.25) is 5.02 Å². The van der Waals surface area contributed by atoms with Gasteiger partial charge in [0.15, 0.2) is 0 Å². The van der Waals surface area contributed by atoms with Gasteiger partial charge in [-0.1, -0.05) is 29.8 Å². The number of carbonyl (C=O) groups excluding carboxylic acids is 1. The maximum atomic E-state index is 11.8. The summed E-state index contributed by atoms with van der Waals surface area (Å²) in [6.45, 7) is -0.0641. The van der Waals surface area contributed by atoms with Gasteiger partial charge in [-0.2, -0.15) is 0 Å². The van der Waals surface area contributed by atoms with E-state index in [4.69, 9.17) is 16.7 Å². The number of hydrogen-bond acceptors (Lipinski definition) is 2. The molecule has 0 aliphatic carbocycles. The number of amides is 2. The van der Waals surface area contributed by atoms with E-state index in [1.165, 1.54) is 0 Å². The molecule has 0 spiro atoms. The van der Waals surface area contributed by atoms with E-state index in [0.717, 1.165) is 5.56 Å². The van der Waals surface area contributed by atoms with E-state index in [-0.39, 0.29) is 12.6 Å². The lowest BCUT2D eigenvalue weighted by atomic mass is 10.2. The van der Waals surface area contributed by atoms with Crippen LogP contribution in [-0.4, -0.2) is 11.1 Å². The van der Waals surface area contributed by atoms with Crippen molar-refractivity contribution in [2.24, 2.45) is 0 Å². The first-order valence-corrected chi connectivity index (χ1v) is 6.08. The van der Waals surface area contributed by atoms with Crippen LogP contribution in [0.25, 0.3) is 0 Å². The highest BCUT2D eigenvalue weighted by Gasteiger charge is 2.03. The highest BCUT2D eigenvalue weighted by Crippen LogP contribution is 2.16. The van der Waals surface area contributed by atoms with Crippen molar-refractivity contribution in [1.82, 2.24) is 0 Å². The topological polar surface area (TPSA) is 61.4 Å². The number of halogens is 1. The summed E-state index contributed by atoms with van der Waals surface area (Å²) in [5.41, 5.74) is 1.97. The van der Waals surface area contributed by atoms with E-state index in [2.05, 4.69) is 10.6 Å². The van der Waals surface area contributed by atoms with Crippen molar-refractivity contribution in [3.63, 3.8) is 0 Å². The lowest BCUT2D eigenvalue weighted by Gasteiger charge is -2.08. The van der Waals surface area contributed by atoms with Crippen molar-refractivity contribution in [2.45, 2.75) is 6.61 Å². The second-order valence-electron chi connectivity index (χ2n) is 3.95. The molecule has 0 aliphatic heterocycles. The van der Waals surface area contributed by atoms with Crippen molar-refractivity contribution in [3.8, 4) is 0 Å². The summed E-state index contributed by atoms with van der Waals surface area (Å²) in [6, 6.07) is 13.5. The van der Waals surface area contributed by atoms with Gasteiger partial charge in [0, 0.05) is 16.4 Å². The van der Waals surface area contributed by atoms with Gasteiger partial charge in [-0.3, -0.25) is 0 Å². The number of urea groups is 1. The van der Waals surface area contributed by atoms with Gasteiger partial charge in [0.05, 0.1) is 6.61 Å². The van der Waals surface area contributed by atoms with Crippen LogP contribution in [-0.2, 0) is 6.61 Å². The second kappa shape index (κ2) is 6.22. The number of hydrogen-bond donors (Lipinski definition) is 3. The number of aliphatic hydroxyl groups is 1. The zero-order chi connectivity index (χ0) is 13.7. The Labute approximate surface area is 116 Å². The predicted molar refractivity (Wildman–Crippen MR) is 76.5 cm³/mol. The molecule has 0 heterocycles. The summed E-state index contributed by atoms with van der Waals surface area (Å²) in [6.07, 6.45) is 0. The Balaban J connectivity index is 2.01. The molecule has 98 valence electrons. The summed E-state index contributed by atoms with van der Waals surface area (Å²) in [4.78, 5) is 11.8. The molecule has 4 nitrogen and oxygen atoms in total. The van der Waals surface area contributed by atoms with Gasteiger partial charge in [-0.15, -0.1) is 0 Å². The molecule has 0 saturated carbocycles. The maximum Gasteiger partial charge on any atom is 0.323 e. The molecule has 0 saturated heterocycles. The molecular formula is C14H13ClN2O2. The Morgan fingerprint density at radius 3 is 2.32 bits per heavy atom. The molecule has 0 atom stereocenters. The minimum Gasteiger partial charge on any atom is -0.392 e. The van der Waals surface area contributed by atoms with Gasteiger partial charge in [-0.05, 0) is 35.9 Å². The van der Waals surface area contributed by atoms with Crippen molar-refractivity contribution in [1.29, 1.82) is 0 Å². The quantitative estimate of drug-likeness (QED) is 0.804. The van der Waals surface area contributed by atoms with Crippen LogP contribution in [0, 0.1) is 0 Å². The number of anilines is 2. The number of benzene rings is 2. The van der Waals surface area contributed by atoms with Gasteiger partial charge in [0.2, 0.25) is 0 Å². The number of aliphatic hydroxyl groups excluding tert-OH is 1. The summed E-state index contributed by atoms with van der Waals surface area (Å²) in [5.74, 6) is 0. The smallest absolute Gasteiger partial charge is 0.323 e. The van der Waals surface area contributed by atoms with Gasteiger partial charge < -0.3 is 15.7 Å². The maximum absolute atomic E-state index is 11.8. The Hall–Kier alpha value is -2.04. The standard InChI is InChI=1S/C14H13ClN2O2/c15-11-4-2-6-13(8-11)17-14(19)16-12-5-1-3-10(7-12)9-18/h1-8,18H,9H2,(H2,16,17,19). The SMILES string of the molecule is O=C(Nc1cccc(Cl)c1)Nc1cccc(CO)c1. The van der Waals surface area contributed by atoms with E-state index >= 15 is 0 Å². The fourth-order valence-corrected chi connectivity index (χ4v) is 1.80. The highest BCUT2D eigenvalue weighted by atomic mass is 35.5. The predicted octanol–water partition coefficient (Wildman–Crippen LogP) is 3.48. The van der Waals surface area contributed by atoms with E-state index in [9.17, 15) is 4.79 Å². The molecular weight excluding hydrogens is 264 g/mol. The number of nitrogens with one attached hydrogen (secondary N) is 2. The molecule has 2 aromatic carbocycles. The van der Waals surface area contributed by atoms with Crippen molar-refractivity contribution < 1.29 is 9.90 Å². The molecule has 19 heavy (non-hydrogen) atoms. The number of carbonyl (C=O) groups is 1. The largest absolute Gasteiger partial charge is 0.392 e. The van der Waals surface area contributed by atoms with Gasteiger partial charge in [0.1, 0.15) is 0 Å². The van der Waals surface area contributed by atoms with Crippen LogP contribution < -0.4 is 10.6 Å². The van der Waals surface area contributed by atoms with Crippen LogP contribution >= 0.6 is 11.6 Å². The molecule has 0 fully saturated rings. The molecule has 3 N–H and O–H groups in total.